The van der Waals surface area contributed by atoms with Gasteiger partial charge in [0.25, 0.3) is 5.91 Å². The van der Waals surface area contributed by atoms with Crippen LogP contribution in [0.5, 0.6) is 5.75 Å². The largest absolute Gasteiger partial charge is 0.506 e. The van der Waals surface area contributed by atoms with E-state index in [1.165, 1.54) is 29.0 Å². The Hall–Kier alpha value is -6.41. The van der Waals surface area contributed by atoms with Crippen LogP contribution in [0.3, 0.4) is 0 Å². The summed E-state index contributed by atoms with van der Waals surface area (Å²) in [7, 11) is 0. The van der Waals surface area contributed by atoms with Crippen LogP contribution in [0.15, 0.2) is 150 Å². The van der Waals surface area contributed by atoms with Gasteiger partial charge < -0.3 is 35.7 Å². The molecule has 2 aliphatic rings. The predicted octanol–water partition coefficient (Wildman–Crippen LogP) is 6.87. The van der Waals surface area contributed by atoms with E-state index in [2.05, 4.69) is 44.8 Å². The summed E-state index contributed by atoms with van der Waals surface area (Å²) in [4.78, 5) is 45.8. The number of nitrogens with zero attached hydrogens (tertiary/aromatic N) is 1. The van der Waals surface area contributed by atoms with Gasteiger partial charge in [0.1, 0.15) is 5.75 Å². The molecular formula is C51H48N4O7S. The lowest BCUT2D eigenvalue weighted by Crippen LogP contribution is -2.39. The maximum Gasteiger partial charge on any atom is 0.347 e. The summed E-state index contributed by atoms with van der Waals surface area (Å²) < 4.78 is 5.96. The van der Waals surface area contributed by atoms with Crippen molar-refractivity contribution in [3.63, 3.8) is 0 Å². The van der Waals surface area contributed by atoms with E-state index in [0.29, 0.717) is 58.5 Å². The highest BCUT2D eigenvalue weighted by atomic mass is 32.1. The number of amides is 1. The molecule has 1 aliphatic heterocycles. The third-order valence-corrected chi connectivity index (χ3v) is 13.5. The number of aliphatic hydroxyl groups excluding tert-OH is 1. The summed E-state index contributed by atoms with van der Waals surface area (Å²) in [6, 6.07) is 44.0. The number of phenols is 1. The van der Waals surface area contributed by atoms with Gasteiger partial charge in [-0.1, -0.05) is 97.1 Å². The molecule has 2 fully saturated rings. The summed E-state index contributed by atoms with van der Waals surface area (Å²) in [6.45, 7) is 4.16. The fraction of sp³-hybridized carbons (Fsp3) is 0.235. The molecule has 7 aromatic rings. The zero-order valence-electron chi connectivity index (χ0n) is 34.4. The number of hydrogen-bond donors (Lipinski definition) is 6. The number of H-pyrrole nitrogens is 1. The van der Waals surface area contributed by atoms with Crippen LogP contribution in [0.4, 0.5) is 0 Å². The zero-order chi connectivity index (χ0) is 43.5. The molecule has 2 aromatic heterocycles. The van der Waals surface area contributed by atoms with Crippen LogP contribution < -0.4 is 16.2 Å². The number of likely N-dealkylation sites (tertiary alicyclic amines) is 1. The number of carbonyl (C=O) groups is 2. The number of rotatable bonds is 16. The van der Waals surface area contributed by atoms with Gasteiger partial charge in [-0.05, 0) is 82.1 Å². The molecule has 1 saturated carbocycles. The van der Waals surface area contributed by atoms with E-state index in [0.717, 1.165) is 40.5 Å². The minimum Gasteiger partial charge on any atom is -0.506 e. The minimum atomic E-state index is -2.01. The van der Waals surface area contributed by atoms with Crippen LogP contribution in [0, 0.1) is 17.8 Å². The Morgan fingerprint density at radius 1 is 0.810 bits per heavy atom. The van der Waals surface area contributed by atoms with Gasteiger partial charge in [-0.15, -0.1) is 11.3 Å². The van der Waals surface area contributed by atoms with E-state index in [4.69, 9.17) is 4.74 Å². The van der Waals surface area contributed by atoms with Crippen molar-refractivity contribution in [1.29, 1.82) is 0 Å². The van der Waals surface area contributed by atoms with Crippen LogP contribution in [0.2, 0.25) is 0 Å². The van der Waals surface area contributed by atoms with Crippen LogP contribution in [-0.4, -0.2) is 63.3 Å². The molecule has 0 spiro atoms. The van der Waals surface area contributed by atoms with E-state index in [1.54, 1.807) is 54.6 Å². The van der Waals surface area contributed by atoms with E-state index < -0.39 is 17.7 Å². The molecule has 3 heterocycles. The number of phenolic OH excluding ortho intramolecular Hbond substituents is 1. The van der Waals surface area contributed by atoms with Gasteiger partial charge in [0.2, 0.25) is 11.2 Å². The lowest BCUT2D eigenvalue weighted by atomic mass is 9.85. The molecule has 63 heavy (non-hydrogen) atoms. The van der Waals surface area contributed by atoms with Gasteiger partial charge in [-0.2, -0.15) is 0 Å². The summed E-state index contributed by atoms with van der Waals surface area (Å²) in [5.41, 5.74) is 2.94. The molecule has 1 saturated heterocycles. The number of aromatic amines is 1. The number of fused-ring (bicyclic) bond motifs is 2. The summed E-state index contributed by atoms with van der Waals surface area (Å²) >= 11 is 1.52. The van der Waals surface area contributed by atoms with E-state index in [-0.39, 0.29) is 35.9 Å². The summed E-state index contributed by atoms with van der Waals surface area (Å²) in [5.74, 6) is 0.310. The average molecular weight is 861 g/mol. The van der Waals surface area contributed by atoms with Gasteiger partial charge in [-0.25, -0.2) is 4.79 Å². The number of aromatic hydroxyl groups is 1. The molecule has 5 atom stereocenters. The smallest absolute Gasteiger partial charge is 0.347 e. The highest BCUT2D eigenvalue weighted by Crippen LogP contribution is 2.52. The Labute approximate surface area is 368 Å². The van der Waals surface area contributed by atoms with Crippen LogP contribution in [0.1, 0.15) is 49.2 Å². The molecule has 12 heteroatoms. The molecule has 0 radical (unpaired) electrons. The normalized spacial score (nSPS) is 18.3. The Balaban J connectivity index is 0.785. The molecule has 2 unspecified atom stereocenters. The lowest BCUT2D eigenvalue weighted by molar-refractivity contribution is -0.163. The van der Waals surface area contributed by atoms with E-state index in [9.17, 15) is 29.7 Å². The van der Waals surface area contributed by atoms with Crippen molar-refractivity contribution in [3.8, 4) is 16.2 Å². The van der Waals surface area contributed by atoms with Gasteiger partial charge in [-0.3, -0.25) is 14.5 Å². The van der Waals surface area contributed by atoms with Crippen molar-refractivity contribution >= 4 is 34.1 Å². The first-order valence-corrected chi connectivity index (χ1v) is 22.0. The monoisotopic (exact) mass is 860 g/mol. The number of hydrogen-bond acceptors (Lipinski definition) is 10. The van der Waals surface area contributed by atoms with Crippen molar-refractivity contribution < 1.29 is 29.6 Å². The molecule has 0 bridgehead atoms. The fourth-order valence-electron chi connectivity index (χ4n) is 8.89. The minimum absolute atomic E-state index is 0.0649. The number of piperidine rings is 1. The number of benzene rings is 5. The first kappa shape index (κ1) is 41.9. The lowest BCUT2D eigenvalue weighted by Gasteiger charge is -2.28. The number of aliphatic hydroxyl groups is 2. The van der Waals surface area contributed by atoms with Crippen molar-refractivity contribution in [2.75, 3.05) is 26.2 Å². The molecule has 320 valence electrons. The number of aromatic nitrogens is 1. The van der Waals surface area contributed by atoms with Gasteiger partial charge in [0.15, 0.2) is 0 Å². The predicted molar refractivity (Wildman–Crippen MR) is 243 cm³/mol. The Morgan fingerprint density at radius 3 is 2.30 bits per heavy atom. The molecule has 5 aromatic carbocycles. The molecular weight excluding hydrogens is 813 g/mol. The SMILES string of the molecule is O=C(NCc1ccc(-c2cccc(C(O)(C(=O)OCC3[C@H]4CN(Cc5ccccc5)C[C@@H]34)c3ccccc3)c2)s1)c1ccc(CNC[C@H](O)c2ccc(O)c3[nH]c(=O)ccc23)cc1. The zero-order valence-corrected chi connectivity index (χ0v) is 35.3. The third kappa shape index (κ3) is 9.08. The number of ether oxygens (including phenoxy) is 1. The van der Waals surface area contributed by atoms with Crippen LogP contribution >= 0.6 is 11.3 Å². The molecule has 9 rings (SSSR count). The first-order chi connectivity index (χ1) is 30.6. The topological polar surface area (TPSA) is 164 Å². The van der Waals surface area contributed by atoms with Gasteiger partial charge >= 0.3 is 5.97 Å². The standard InChI is InChI=1S/C51H48N4O7S/c56-44-21-19-39(40-20-23-47(58)54-48(40)44)45(57)27-52-25-32-14-16-34(17-15-32)49(59)53-26-38-18-22-46(63-38)35-10-7-13-37(24-35)51(61,36-11-5-2-6-12-36)50(60)62-31-43-41-29-55(30-42(41)43)28-33-8-3-1-4-9-33/h1-24,41-43,45,52,56-57,61H,25-31H2,(H,53,59)(H,54,58)/t41-,42+,43?,45-,51?/m0/s1. The highest BCUT2D eigenvalue weighted by Gasteiger charge is 2.56. The van der Waals surface area contributed by atoms with E-state index in [1.807, 2.05) is 54.6 Å². The molecule has 11 nitrogen and oxygen atoms in total. The maximum absolute atomic E-state index is 14.0. The van der Waals surface area contributed by atoms with Crippen LogP contribution in [0.25, 0.3) is 21.3 Å². The molecule has 6 N–H and O–H groups in total. The number of esters is 1. The number of carbonyl (C=O) groups excluding carboxylic acids is 2. The summed E-state index contributed by atoms with van der Waals surface area (Å²) in [5, 5.41) is 40.1. The van der Waals surface area contributed by atoms with Gasteiger partial charge in [0, 0.05) is 71.0 Å². The second-order valence-electron chi connectivity index (χ2n) is 16.5. The van der Waals surface area contributed by atoms with Crippen molar-refractivity contribution in [3.05, 3.63) is 194 Å². The maximum atomic E-state index is 14.0. The summed E-state index contributed by atoms with van der Waals surface area (Å²) in [6.07, 6.45) is -0.887. The fourth-order valence-corrected chi connectivity index (χ4v) is 9.84. The van der Waals surface area contributed by atoms with Gasteiger partial charge in [0.05, 0.1) is 24.8 Å². The molecule has 1 aliphatic carbocycles. The molecule has 1 amide bonds. The average Bonchev–Trinajstić information content (AvgIpc) is 3.58. The van der Waals surface area contributed by atoms with E-state index >= 15 is 0 Å². The second kappa shape index (κ2) is 18.1. The third-order valence-electron chi connectivity index (χ3n) is 12.4. The number of thiophene rings is 1. The highest BCUT2D eigenvalue weighted by molar-refractivity contribution is 7.15. The number of pyridine rings is 1. The quantitative estimate of drug-likeness (QED) is 0.0570. The Bertz CT molecular complexity index is 2780. The van der Waals surface area contributed by atoms with Crippen molar-refractivity contribution in [2.45, 2.75) is 31.3 Å². The second-order valence-corrected chi connectivity index (χ2v) is 17.7. The number of nitrogens with one attached hydrogen (secondary N) is 3. The van der Waals surface area contributed by atoms with Crippen molar-refractivity contribution in [1.82, 2.24) is 20.5 Å². The Kier molecular flexibility index (Phi) is 12.1. The first-order valence-electron chi connectivity index (χ1n) is 21.2. The Morgan fingerprint density at radius 2 is 1.54 bits per heavy atom. The van der Waals surface area contributed by atoms with Crippen LogP contribution in [-0.2, 0) is 34.8 Å². The van der Waals surface area contributed by atoms with Crippen molar-refractivity contribution in [2.24, 2.45) is 17.8 Å².